The van der Waals surface area contributed by atoms with Crippen molar-refractivity contribution in [1.82, 2.24) is 9.80 Å². The maximum Gasteiger partial charge on any atom is 0.328 e. The van der Waals surface area contributed by atoms with Gasteiger partial charge in [-0.1, -0.05) is 72.8 Å². The van der Waals surface area contributed by atoms with Gasteiger partial charge in [0.15, 0.2) is 0 Å². The number of rotatable bonds is 8. The molecule has 7 heteroatoms. The van der Waals surface area contributed by atoms with E-state index in [4.69, 9.17) is 10.2 Å². The summed E-state index contributed by atoms with van der Waals surface area (Å²) >= 11 is 0. The predicted molar refractivity (Wildman–Crippen MR) is 150 cm³/mol. The fourth-order valence-corrected chi connectivity index (χ4v) is 5.23. The molecule has 2 aliphatic rings. The number of hydrogen-bond donors (Lipinski definition) is 2. The number of aliphatic carboxylic acids is 2. The van der Waals surface area contributed by atoms with Crippen LogP contribution in [-0.4, -0.2) is 64.0 Å². The van der Waals surface area contributed by atoms with E-state index in [1.54, 1.807) is 0 Å². The molecule has 0 radical (unpaired) electrons. The Morgan fingerprint density at radius 2 is 1.38 bits per heavy atom. The summed E-state index contributed by atoms with van der Waals surface area (Å²) in [5.74, 6) is -1.68. The molecule has 5 rings (SSSR count). The third-order valence-electron chi connectivity index (χ3n) is 7.25. The van der Waals surface area contributed by atoms with E-state index in [1.807, 2.05) is 18.2 Å². The molecule has 0 saturated carbocycles. The fraction of sp³-hybridized carbons (Fsp3) is 0.281. The molecular weight excluding hydrogens is 492 g/mol. The zero-order valence-electron chi connectivity index (χ0n) is 21.9. The second-order valence-electron chi connectivity index (χ2n) is 9.91. The number of nitrogens with zero attached hydrogens (tertiary/aromatic N) is 2. The van der Waals surface area contributed by atoms with Gasteiger partial charge in [0, 0.05) is 37.3 Å². The smallest absolute Gasteiger partial charge is 0.328 e. The lowest BCUT2D eigenvalue weighted by atomic mass is 9.94. The predicted octanol–water partition coefficient (Wildman–Crippen LogP) is 4.98. The highest BCUT2D eigenvalue weighted by atomic mass is 16.4. The third kappa shape index (κ3) is 7.88. The first-order chi connectivity index (χ1) is 18.9. The monoisotopic (exact) mass is 526 g/mol. The Bertz CT molecular complexity index is 1300. The van der Waals surface area contributed by atoms with Crippen LogP contribution in [0.3, 0.4) is 0 Å². The van der Waals surface area contributed by atoms with Crippen LogP contribution in [0.2, 0.25) is 0 Å². The number of carbonyl (C=O) groups is 3. The van der Waals surface area contributed by atoms with Gasteiger partial charge in [0.05, 0.1) is 0 Å². The SMILES string of the molecule is O=C(O)C=CC(=O)O.O=C1c2ccccc2CN1CC1CCN(CCc2ccccc2-c2ccccc2)CC1. The first-order valence-corrected chi connectivity index (χ1v) is 13.3. The summed E-state index contributed by atoms with van der Waals surface area (Å²) in [6, 6.07) is 27.5. The Morgan fingerprint density at radius 1 is 0.795 bits per heavy atom. The number of carboxylic acids is 2. The number of benzene rings is 3. The first kappa shape index (κ1) is 27.8. The minimum atomic E-state index is -1.26. The molecule has 39 heavy (non-hydrogen) atoms. The average Bonchev–Trinajstić information content (AvgIpc) is 3.27. The van der Waals surface area contributed by atoms with E-state index in [1.165, 1.54) is 35.1 Å². The van der Waals surface area contributed by atoms with Crippen LogP contribution in [-0.2, 0) is 22.6 Å². The Hall–Kier alpha value is -4.23. The summed E-state index contributed by atoms with van der Waals surface area (Å²) in [5, 5.41) is 15.6. The van der Waals surface area contributed by atoms with Crippen molar-refractivity contribution in [3.63, 3.8) is 0 Å². The van der Waals surface area contributed by atoms with Crippen molar-refractivity contribution >= 4 is 17.8 Å². The number of carbonyl (C=O) groups excluding carboxylic acids is 1. The van der Waals surface area contributed by atoms with Crippen molar-refractivity contribution < 1.29 is 24.6 Å². The van der Waals surface area contributed by atoms with E-state index >= 15 is 0 Å². The van der Waals surface area contributed by atoms with Gasteiger partial charge >= 0.3 is 11.9 Å². The molecule has 0 bridgehead atoms. The molecule has 3 aromatic carbocycles. The van der Waals surface area contributed by atoms with Crippen molar-refractivity contribution in [3.8, 4) is 11.1 Å². The van der Waals surface area contributed by atoms with Gasteiger partial charge in [-0.2, -0.15) is 0 Å². The highest BCUT2D eigenvalue weighted by Gasteiger charge is 2.30. The number of amides is 1. The summed E-state index contributed by atoms with van der Waals surface area (Å²) < 4.78 is 0. The highest BCUT2D eigenvalue weighted by Crippen LogP contribution is 2.27. The molecule has 2 aliphatic heterocycles. The molecule has 0 aliphatic carbocycles. The normalized spacial score (nSPS) is 15.6. The quantitative estimate of drug-likeness (QED) is 0.402. The lowest BCUT2D eigenvalue weighted by Crippen LogP contribution is -2.39. The van der Waals surface area contributed by atoms with Crippen molar-refractivity contribution in [2.75, 3.05) is 26.2 Å². The summed E-state index contributed by atoms with van der Waals surface area (Å²) in [4.78, 5) is 36.4. The van der Waals surface area contributed by atoms with E-state index in [0.717, 1.165) is 44.7 Å². The van der Waals surface area contributed by atoms with Crippen LogP contribution < -0.4 is 0 Å². The van der Waals surface area contributed by atoms with E-state index in [0.29, 0.717) is 18.1 Å². The fourth-order valence-electron chi connectivity index (χ4n) is 5.23. The zero-order valence-corrected chi connectivity index (χ0v) is 21.9. The van der Waals surface area contributed by atoms with Crippen molar-refractivity contribution in [1.29, 1.82) is 0 Å². The standard InChI is InChI=1S/C28H30N2O.C4H4O4/c31-28-27-13-7-5-11-25(27)21-30(28)20-22-14-17-29(18-15-22)19-16-24-10-4-6-12-26(24)23-8-2-1-3-9-23;5-3(6)1-2-4(7)8/h1-13,22H,14-21H2;1-2H,(H,5,6)(H,7,8). The van der Waals surface area contributed by atoms with Gasteiger partial charge in [0.2, 0.25) is 0 Å². The van der Waals surface area contributed by atoms with Crippen LogP contribution in [0.25, 0.3) is 11.1 Å². The van der Waals surface area contributed by atoms with Crippen LogP contribution in [0, 0.1) is 5.92 Å². The Kier molecular flexibility index (Phi) is 9.64. The molecule has 2 N–H and O–H groups in total. The van der Waals surface area contributed by atoms with Gasteiger partial charge in [0.1, 0.15) is 0 Å². The van der Waals surface area contributed by atoms with Gasteiger partial charge in [-0.05, 0) is 66.6 Å². The zero-order chi connectivity index (χ0) is 27.6. The molecule has 3 aromatic rings. The number of carboxylic acid groups (broad SMARTS) is 2. The number of likely N-dealkylation sites (tertiary alicyclic amines) is 1. The maximum atomic E-state index is 12.7. The molecule has 1 fully saturated rings. The van der Waals surface area contributed by atoms with Crippen molar-refractivity contribution in [3.05, 3.63) is 108 Å². The second-order valence-corrected chi connectivity index (χ2v) is 9.91. The Labute approximate surface area is 229 Å². The van der Waals surface area contributed by atoms with E-state index < -0.39 is 11.9 Å². The molecule has 0 atom stereocenters. The van der Waals surface area contributed by atoms with Crippen LogP contribution in [0.15, 0.2) is 91.0 Å². The molecule has 0 unspecified atom stereocenters. The largest absolute Gasteiger partial charge is 0.478 e. The van der Waals surface area contributed by atoms with E-state index in [2.05, 4.69) is 70.5 Å². The number of fused-ring (bicyclic) bond motifs is 1. The molecule has 1 amide bonds. The molecular formula is C32H34N2O5. The Balaban J connectivity index is 0.000000386. The van der Waals surface area contributed by atoms with Crippen molar-refractivity contribution in [2.45, 2.75) is 25.8 Å². The molecule has 2 heterocycles. The van der Waals surface area contributed by atoms with Gasteiger partial charge in [-0.25, -0.2) is 9.59 Å². The maximum absolute atomic E-state index is 12.7. The van der Waals surface area contributed by atoms with E-state index in [-0.39, 0.29) is 5.91 Å². The molecule has 7 nitrogen and oxygen atoms in total. The van der Waals surface area contributed by atoms with Gasteiger partial charge in [-0.3, -0.25) is 4.79 Å². The van der Waals surface area contributed by atoms with Crippen molar-refractivity contribution in [2.24, 2.45) is 5.92 Å². The lowest BCUT2D eigenvalue weighted by Gasteiger charge is -2.34. The van der Waals surface area contributed by atoms with Gasteiger partial charge < -0.3 is 20.0 Å². The van der Waals surface area contributed by atoms with E-state index in [9.17, 15) is 14.4 Å². The van der Waals surface area contributed by atoms with Crippen LogP contribution >= 0.6 is 0 Å². The summed E-state index contributed by atoms with van der Waals surface area (Å²) in [6.07, 6.45) is 4.56. The topological polar surface area (TPSA) is 98.1 Å². The molecule has 0 aromatic heterocycles. The highest BCUT2D eigenvalue weighted by molar-refractivity contribution is 5.98. The second kappa shape index (κ2) is 13.5. The molecule has 202 valence electrons. The minimum absolute atomic E-state index is 0.218. The summed E-state index contributed by atoms with van der Waals surface area (Å²) in [6.45, 7) is 5.05. The summed E-state index contributed by atoms with van der Waals surface area (Å²) in [7, 11) is 0. The van der Waals surface area contributed by atoms with Crippen LogP contribution in [0.5, 0.6) is 0 Å². The Morgan fingerprint density at radius 3 is 2.03 bits per heavy atom. The molecule has 1 saturated heterocycles. The minimum Gasteiger partial charge on any atom is -0.478 e. The lowest BCUT2D eigenvalue weighted by molar-refractivity contribution is -0.134. The first-order valence-electron chi connectivity index (χ1n) is 13.3. The summed E-state index contributed by atoms with van der Waals surface area (Å²) in [5.41, 5.74) is 6.16. The molecule has 0 spiro atoms. The number of hydrogen-bond acceptors (Lipinski definition) is 4. The number of piperidine rings is 1. The van der Waals surface area contributed by atoms with Crippen LogP contribution in [0.1, 0.15) is 34.3 Å². The van der Waals surface area contributed by atoms with Gasteiger partial charge in [-0.15, -0.1) is 0 Å². The average molecular weight is 527 g/mol. The third-order valence-corrected chi connectivity index (χ3v) is 7.25. The van der Waals surface area contributed by atoms with Crippen LogP contribution in [0.4, 0.5) is 0 Å². The van der Waals surface area contributed by atoms with Gasteiger partial charge in [0.25, 0.3) is 5.91 Å².